The maximum atomic E-state index is 12.8. The van der Waals surface area contributed by atoms with Gasteiger partial charge in [-0.05, 0) is 50.2 Å². The molecule has 1 aromatic carbocycles. The van der Waals surface area contributed by atoms with Gasteiger partial charge in [-0.2, -0.15) is 0 Å². The zero-order valence-electron chi connectivity index (χ0n) is 17.4. The Labute approximate surface area is 180 Å². The van der Waals surface area contributed by atoms with Crippen LogP contribution in [0, 0.1) is 0 Å². The van der Waals surface area contributed by atoms with Gasteiger partial charge >= 0.3 is 5.97 Å². The van der Waals surface area contributed by atoms with Crippen molar-refractivity contribution < 1.29 is 22.7 Å². The largest absolute Gasteiger partial charge is 0.462 e. The molecule has 2 heterocycles. The van der Waals surface area contributed by atoms with Crippen LogP contribution >= 0.6 is 11.3 Å². The van der Waals surface area contributed by atoms with Gasteiger partial charge in [-0.3, -0.25) is 4.79 Å². The van der Waals surface area contributed by atoms with E-state index in [0.29, 0.717) is 29.1 Å². The highest BCUT2D eigenvalue weighted by Crippen LogP contribution is 2.37. The lowest BCUT2D eigenvalue weighted by Gasteiger charge is -2.22. The highest BCUT2D eigenvalue weighted by atomic mass is 32.2. The summed E-state index contributed by atoms with van der Waals surface area (Å²) in [6, 6.07) is 5.70. The first-order valence-electron chi connectivity index (χ1n) is 9.49. The zero-order chi connectivity index (χ0) is 22.1. The summed E-state index contributed by atoms with van der Waals surface area (Å²) in [5.41, 5.74) is 1.65. The summed E-state index contributed by atoms with van der Waals surface area (Å²) in [6.45, 7) is 3.52. The molecule has 0 aliphatic carbocycles. The summed E-state index contributed by atoms with van der Waals surface area (Å²) in [6.07, 6.45) is 0.712. The first kappa shape index (κ1) is 22.4. The van der Waals surface area contributed by atoms with Gasteiger partial charge in [0.2, 0.25) is 10.0 Å². The van der Waals surface area contributed by atoms with Crippen LogP contribution in [0.2, 0.25) is 0 Å². The number of thiophene rings is 1. The van der Waals surface area contributed by atoms with E-state index in [1.165, 1.54) is 49.7 Å². The van der Waals surface area contributed by atoms with Crippen molar-refractivity contribution in [2.24, 2.45) is 0 Å². The number of ether oxygens (including phenoxy) is 1. The number of esters is 1. The Hall–Kier alpha value is -2.27. The predicted molar refractivity (Wildman–Crippen MR) is 116 cm³/mol. The average molecular weight is 452 g/mol. The molecule has 30 heavy (non-hydrogen) atoms. The summed E-state index contributed by atoms with van der Waals surface area (Å²) < 4.78 is 30.7. The SMILES string of the molecule is CCOC(=O)c1c(NC(=O)c2ccc(S(=O)(=O)N(C)C)cc2)sc2c1CCN(C)C2. The lowest BCUT2D eigenvalue weighted by Crippen LogP contribution is -2.26. The number of hydrogen-bond acceptors (Lipinski definition) is 7. The minimum absolute atomic E-state index is 0.103. The standard InChI is InChI=1S/C20H25N3O5S2/c1-5-28-20(25)17-15-10-11-23(4)12-16(15)29-19(17)21-18(24)13-6-8-14(9-7-13)30(26,27)22(2)3/h6-9H,5,10-12H2,1-4H3,(H,21,24). The fraction of sp³-hybridized carbons (Fsp3) is 0.400. The third-order valence-electron chi connectivity index (χ3n) is 4.85. The van der Waals surface area contributed by atoms with Gasteiger partial charge in [-0.1, -0.05) is 0 Å². The van der Waals surface area contributed by atoms with E-state index in [0.717, 1.165) is 21.3 Å². The van der Waals surface area contributed by atoms with Crippen LogP contribution in [0.1, 0.15) is 38.1 Å². The first-order chi connectivity index (χ1) is 14.1. The molecule has 0 unspecified atom stereocenters. The number of fused-ring (bicyclic) bond motifs is 1. The molecule has 0 spiro atoms. The number of benzene rings is 1. The Morgan fingerprint density at radius 2 is 1.90 bits per heavy atom. The number of carbonyl (C=O) groups is 2. The topological polar surface area (TPSA) is 96.0 Å². The molecule has 0 fully saturated rings. The molecule has 3 rings (SSSR count). The molecule has 2 aromatic rings. The molecule has 0 saturated heterocycles. The zero-order valence-corrected chi connectivity index (χ0v) is 19.0. The summed E-state index contributed by atoms with van der Waals surface area (Å²) in [4.78, 5) is 28.7. The summed E-state index contributed by atoms with van der Waals surface area (Å²) in [7, 11) is 1.33. The van der Waals surface area contributed by atoms with Crippen molar-refractivity contribution in [2.75, 3.05) is 39.6 Å². The molecule has 1 aliphatic rings. The second-order valence-corrected chi connectivity index (χ2v) is 10.4. The fourth-order valence-electron chi connectivity index (χ4n) is 3.20. The molecule has 0 saturated carbocycles. The second-order valence-electron chi connectivity index (χ2n) is 7.18. The van der Waals surface area contributed by atoms with E-state index in [1.807, 2.05) is 7.05 Å². The van der Waals surface area contributed by atoms with Crippen molar-refractivity contribution in [3.8, 4) is 0 Å². The highest BCUT2D eigenvalue weighted by Gasteiger charge is 2.29. The third-order valence-corrected chi connectivity index (χ3v) is 7.81. The molecule has 1 N–H and O–H groups in total. The van der Waals surface area contributed by atoms with Crippen LogP contribution in [0.4, 0.5) is 5.00 Å². The Kier molecular flexibility index (Phi) is 6.61. The van der Waals surface area contributed by atoms with Gasteiger partial charge in [0, 0.05) is 37.6 Å². The Bertz CT molecular complexity index is 1060. The van der Waals surface area contributed by atoms with Gasteiger partial charge in [0.25, 0.3) is 5.91 Å². The number of sulfonamides is 1. The van der Waals surface area contributed by atoms with Crippen molar-refractivity contribution in [1.82, 2.24) is 9.21 Å². The fourth-order valence-corrected chi connectivity index (χ4v) is 5.42. The smallest absolute Gasteiger partial charge is 0.341 e. The number of carbonyl (C=O) groups excluding carboxylic acids is 2. The van der Waals surface area contributed by atoms with Crippen LogP contribution in [0.3, 0.4) is 0 Å². The molecule has 1 aromatic heterocycles. The van der Waals surface area contributed by atoms with E-state index in [1.54, 1.807) is 6.92 Å². The predicted octanol–water partition coefficient (Wildman–Crippen LogP) is 2.42. The molecule has 10 heteroatoms. The number of hydrogen-bond donors (Lipinski definition) is 1. The van der Waals surface area contributed by atoms with E-state index >= 15 is 0 Å². The molecular formula is C20H25N3O5S2. The first-order valence-corrected chi connectivity index (χ1v) is 11.7. The van der Waals surface area contributed by atoms with E-state index in [9.17, 15) is 18.0 Å². The lowest BCUT2D eigenvalue weighted by molar-refractivity contribution is 0.0526. The molecule has 0 radical (unpaired) electrons. The number of nitrogens with one attached hydrogen (secondary N) is 1. The highest BCUT2D eigenvalue weighted by molar-refractivity contribution is 7.89. The van der Waals surface area contributed by atoms with Crippen LogP contribution in [-0.2, 0) is 27.7 Å². The average Bonchev–Trinajstić information content (AvgIpc) is 3.04. The van der Waals surface area contributed by atoms with Crippen LogP contribution in [0.15, 0.2) is 29.2 Å². The normalized spacial score (nSPS) is 14.4. The maximum Gasteiger partial charge on any atom is 0.341 e. The van der Waals surface area contributed by atoms with Crippen molar-refractivity contribution in [3.05, 3.63) is 45.8 Å². The van der Waals surface area contributed by atoms with Gasteiger partial charge in [0.15, 0.2) is 0 Å². The molecular weight excluding hydrogens is 426 g/mol. The summed E-state index contributed by atoms with van der Waals surface area (Å²) in [5.74, 6) is -0.858. The van der Waals surface area contributed by atoms with Gasteiger partial charge in [0.05, 0.1) is 17.1 Å². The monoisotopic (exact) mass is 451 g/mol. The van der Waals surface area contributed by atoms with Gasteiger partial charge in [0.1, 0.15) is 5.00 Å². The summed E-state index contributed by atoms with van der Waals surface area (Å²) in [5, 5.41) is 3.28. The Balaban J connectivity index is 1.89. The second kappa shape index (κ2) is 8.84. The summed E-state index contributed by atoms with van der Waals surface area (Å²) >= 11 is 1.38. The molecule has 0 bridgehead atoms. The van der Waals surface area contributed by atoms with Crippen LogP contribution in [0.25, 0.3) is 0 Å². The molecule has 0 atom stereocenters. The van der Waals surface area contributed by atoms with E-state index in [-0.39, 0.29) is 11.5 Å². The third kappa shape index (κ3) is 4.41. The van der Waals surface area contributed by atoms with E-state index < -0.39 is 21.9 Å². The van der Waals surface area contributed by atoms with Crippen LogP contribution in [0.5, 0.6) is 0 Å². The van der Waals surface area contributed by atoms with Crippen molar-refractivity contribution in [3.63, 3.8) is 0 Å². The van der Waals surface area contributed by atoms with E-state index in [4.69, 9.17) is 4.74 Å². The quantitative estimate of drug-likeness (QED) is 0.678. The van der Waals surface area contributed by atoms with Gasteiger partial charge in [-0.15, -0.1) is 11.3 Å². The molecule has 162 valence electrons. The minimum Gasteiger partial charge on any atom is -0.462 e. The van der Waals surface area contributed by atoms with Crippen LogP contribution < -0.4 is 5.32 Å². The minimum atomic E-state index is -3.57. The van der Waals surface area contributed by atoms with Gasteiger partial charge < -0.3 is 15.0 Å². The van der Waals surface area contributed by atoms with Crippen molar-refractivity contribution >= 4 is 38.2 Å². The lowest BCUT2D eigenvalue weighted by atomic mass is 10.0. The maximum absolute atomic E-state index is 12.8. The number of rotatable bonds is 6. The molecule has 1 amide bonds. The Morgan fingerprint density at radius 1 is 1.23 bits per heavy atom. The number of likely N-dealkylation sites (N-methyl/N-ethyl adjacent to an activating group) is 1. The van der Waals surface area contributed by atoms with Crippen LogP contribution in [-0.4, -0.2) is 63.8 Å². The van der Waals surface area contributed by atoms with E-state index in [2.05, 4.69) is 10.2 Å². The Morgan fingerprint density at radius 3 is 2.50 bits per heavy atom. The number of nitrogens with zero attached hydrogens (tertiary/aromatic N) is 2. The number of anilines is 1. The molecule has 1 aliphatic heterocycles. The van der Waals surface area contributed by atoms with Crippen molar-refractivity contribution in [1.29, 1.82) is 0 Å². The van der Waals surface area contributed by atoms with Gasteiger partial charge in [-0.25, -0.2) is 17.5 Å². The molecule has 8 nitrogen and oxygen atoms in total. The van der Waals surface area contributed by atoms with Crippen molar-refractivity contribution in [2.45, 2.75) is 24.8 Å². The number of amides is 1.